The van der Waals surface area contributed by atoms with Gasteiger partial charge >= 0.3 is 5.97 Å². The maximum absolute atomic E-state index is 13.7. The molecule has 0 saturated carbocycles. The van der Waals surface area contributed by atoms with E-state index in [1.54, 1.807) is 18.2 Å². The van der Waals surface area contributed by atoms with Crippen molar-refractivity contribution in [1.29, 1.82) is 0 Å². The second-order valence-corrected chi connectivity index (χ2v) is 5.46. The van der Waals surface area contributed by atoms with Crippen LogP contribution in [0.1, 0.15) is 5.56 Å². The fourth-order valence-corrected chi connectivity index (χ4v) is 2.51. The summed E-state index contributed by atoms with van der Waals surface area (Å²) in [5, 5.41) is 9.28. The van der Waals surface area contributed by atoms with Crippen LogP contribution in [0.25, 0.3) is 0 Å². The van der Waals surface area contributed by atoms with Gasteiger partial charge in [-0.05, 0) is 42.0 Å². The van der Waals surface area contributed by atoms with Crippen LogP contribution in [0.15, 0.2) is 52.3 Å². The van der Waals surface area contributed by atoms with Crippen molar-refractivity contribution in [1.82, 2.24) is 0 Å². The average molecular weight is 297 g/mol. The van der Waals surface area contributed by atoms with Gasteiger partial charge in [0.25, 0.3) is 0 Å². The summed E-state index contributed by atoms with van der Waals surface area (Å²) in [5.74, 6) is -1.54. The first-order valence-electron chi connectivity index (χ1n) is 5.48. The third-order valence-electron chi connectivity index (χ3n) is 2.42. The Morgan fingerprint density at radius 1 is 1.16 bits per heavy atom. The van der Waals surface area contributed by atoms with E-state index in [9.17, 15) is 9.18 Å². The van der Waals surface area contributed by atoms with Gasteiger partial charge in [0.05, 0.1) is 6.42 Å². The zero-order valence-corrected chi connectivity index (χ0v) is 11.3. The Bertz CT molecular complexity index is 599. The predicted molar refractivity (Wildman–Crippen MR) is 73.3 cm³/mol. The van der Waals surface area contributed by atoms with Crippen LogP contribution in [0.3, 0.4) is 0 Å². The van der Waals surface area contributed by atoms with E-state index in [4.69, 9.17) is 16.7 Å². The summed E-state index contributed by atoms with van der Waals surface area (Å²) in [6.45, 7) is 0. The van der Waals surface area contributed by atoms with Gasteiger partial charge in [0.2, 0.25) is 0 Å². The molecule has 2 rings (SSSR count). The second-order valence-electron chi connectivity index (χ2n) is 3.88. The van der Waals surface area contributed by atoms with E-state index in [1.807, 2.05) is 12.1 Å². The molecule has 98 valence electrons. The van der Waals surface area contributed by atoms with Crippen molar-refractivity contribution in [3.63, 3.8) is 0 Å². The Kier molecular flexibility index (Phi) is 4.45. The molecule has 0 bridgehead atoms. The summed E-state index contributed by atoms with van der Waals surface area (Å²) in [5.41, 5.74) is 0.188. The first-order chi connectivity index (χ1) is 9.04. The van der Waals surface area contributed by atoms with E-state index in [1.165, 1.54) is 23.9 Å². The zero-order chi connectivity index (χ0) is 13.8. The lowest BCUT2D eigenvalue weighted by Crippen LogP contribution is -2.02. The molecular formula is C14H10ClFO2S. The lowest BCUT2D eigenvalue weighted by Gasteiger charge is -2.05. The number of hydrogen-bond acceptors (Lipinski definition) is 2. The fraction of sp³-hybridized carbons (Fsp3) is 0.0714. The molecule has 1 N–H and O–H groups in total. The van der Waals surface area contributed by atoms with Crippen LogP contribution >= 0.6 is 23.4 Å². The van der Waals surface area contributed by atoms with Crippen molar-refractivity contribution in [2.24, 2.45) is 0 Å². The second kappa shape index (κ2) is 6.08. The normalized spacial score (nSPS) is 10.4. The molecule has 0 spiro atoms. The summed E-state index contributed by atoms with van der Waals surface area (Å²) in [6, 6.07) is 11.8. The zero-order valence-electron chi connectivity index (χ0n) is 9.77. The van der Waals surface area contributed by atoms with Crippen LogP contribution in [-0.2, 0) is 11.2 Å². The van der Waals surface area contributed by atoms with Crippen LogP contribution in [-0.4, -0.2) is 11.1 Å². The number of halogens is 2. The molecule has 0 aliphatic rings. The van der Waals surface area contributed by atoms with Gasteiger partial charge in [0.1, 0.15) is 5.82 Å². The van der Waals surface area contributed by atoms with Crippen LogP contribution in [0.2, 0.25) is 5.02 Å². The van der Waals surface area contributed by atoms with E-state index in [0.29, 0.717) is 9.92 Å². The third kappa shape index (κ3) is 3.98. The number of carbonyl (C=O) groups is 1. The Labute approximate surface area is 119 Å². The van der Waals surface area contributed by atoms with Crippen molar-refractivity contribution in [3.8, 4) is 0 Å². The van der Waals surface area contributed by atoms with Gasteiger partial charge in [-0.25, -0.2) is 4.39 Å². The minimum absolute atomic E-state index is 0.188. The first kappa shape index (κ1) is 13.9. The minimum atomic E-state index is -1.04. The third-order valence-corrected chi connectivity index (χ3v) is 3.67. The summed E-state index contributed by atoms with van der Waals surface area (Å²) < 4.78 is 13.7. The van der Waals surface area contributed by atoms with E-state index >= 15 is 0 Å². The van der Waals surface area contributed by atoms with Gasteiger partial charge in [-0.15, -0.1) is 0 Å². The highest BCUT2D eigenvalue weighted by molar-refractivity contribution is 7.99. The van der Waals surface area contributed by atoms with Crippen molar-refractivity contribution >= 4 is 29.3 Å². The SMILES string of the molecule is O=C(O)Cc1ccc(Sc2ccc(Cl)cc2)cc1F. The summed E-state index contributed by atoms with van der Waals surface area (Å²) in [7, 11) is 0. The van der Waals surface area contributed by atoms with E-state index in [-0.39, 0.29) is 12.0 Å². The molecule has 0 aliphatic carbocycles. The highest BCUT2D eigenvalue weighted by atomic mass is 35.5. The molecule has 0 atom stereocenters. The van der Waals surface area contributed by atoms with Crippen molar-refractivity contribution < 1.29 is 14.3 Å². The molecule has 2 aromatic rings. The molecule has 0 amide bonds. The van der Waals surface area contributed by atoms with Gasteiger partial charge in [-0.2, -0.15) is 0 Å². The fourth-order valence-electron chi connectivity index (χ4n) is 1.54. The number of rotatable bonds is 4. The Morgan fingerprint density at radius 3 is 2.37 bits per heavy atom. The molecule has 0 radical (unpaired) electrons. The van der Waals surface area contributed by atoms with E-state index < -0.39 is 11.8 Å². The molecule has 0 aliphatic heterocycles. The lowest BCUT2D eigenvalue weighted by atomic mass is 10.1. The first-order valence-corrected chi connectivity index (χ1v) is 6.67. The molecule has 0 aromatic heterocycles. The van der Waals surface area contributed by atoms with E-state index in [2.05, 4.69) is 0 Å². The van der Waals surface area contributed by atoms with Crippen molar-refractivity contribution in [2.75, 3.05) is 0 Å². The van der Waals surface area contributed by atoms with Crippen molar-refractivity contribution in [3.05, 3.63) is 58.9 Å². The van der Waals surface area contributed by atoms with Crippen LogP contribution in [0, 0.1) is 5.82 Å². The molecule has 2 aromatic carbocycles. The maximum atomic E-state index is 13.7. The molecule has 0 saturated heterocycles. The summed E-state index contributed by atoms with van der Waals surface area (Å²) in [6.07, 6.45) is -0.308. The highest BCUT2D eigenvalue weighted by Crippen LogP contribution is 2.29. The molecular weight excluding hydrogens is 287 g/mol. The summed E-state index contributed by atoms with van der Waals surface area (Å²) >= 11 is 7.18. The van der Waals surface area contributed by atoms with Crippen LogP contribution in [0.4, 0.5) is 4.39 Å². The molecule has 0 heterocycles. The summed E-state index contributed by atoms with van der Waals surface area (Å²) in [4.78, 5) is 12.2. The Morgan fingerprint density at radius 2 is 1.79 bits per heavy atom. The lowest BCUT2D eigenvalue weighted by molar-refractivity contribution is -0.136. The van der Waals surface area contributed by atoms with Gasteiger partial charge < -0.3 is 5.11 Å². The molecule has 0 unspecified atom stereocenters. The quantitative estimate of drug-likeness (QED) is 0.916. The molecule has 0 fully saturated rings. The monoisotopic (exact) mass is 296 g/mol. The maximum Gasteiger partial charge on any atom is 0.307 e. The van der Waals surface area contributed by atoms with Crippen LogP contribution < -0.4 is 0 Å². The Balaban J connectivity index is 2.15. The minimum Gasteiger partial charge on any atom is -0.481 e. The molecule has 2 nitrogen and oxygen atoms in total. The number of aliphatic carboxylic acids is 1. The number of benzene rings is 2. The van der Waals surface area contributed by atoms with Crippen molar-refractivity contribution in [2.45, 2.75) is 16.2 Å². The Hall–Kier alpha value is -1.52. The van der Waals surface area contributed by atoms with Gasteiger partial charge in [-0.3, -0.25) is 4.79 Å². The predicted octanol–water partition coefficient (Wildman–Crippen LogP) is 4.26. The van der Waals surface area contributed by atoms with Gasteiger partial charge in [0.15, 0.2) is 0 Å². The molecule has 19 heavy (non-hydrogen) atoms. The smallest absolute Gasteiger partial charge is 0.307 e. The van der Waals surface area contributed by atoms with Gasteiger partial charge in [0, 0.05) is 14.8 Å². The van der Waals surface area contributed by atoms with Crippen LogP contribution in [0.5, 0.6) is 0 Å². The van der Waals surface area contributed by atoms with E-state index in [0.717, 1.165) is 4.90 Å². The molecule has 5 heteroatoms. The standard InChI is InChI=1S/C14H10ClFO2S/c15-10-2-5-11(6-3-10)19-12-4-1-9(7-14(17)18)13(16)8-12/h1-6,8H,7H2,(H,17,18). The highest BCUT2D eigenvalue weighted by Gasteiger charge is 2.08. The topological polar surface area (TPSA) is 37.3 Å². The average Bonchev–Trinajstić information content (AvgIpc) is 2.35. The number of carboxylic acid groups (broad SMARTS) is 1. The van der Waals surface area contributed by atoms with Gasteiger partial charge in [-0.1, -0.05) is 29.4 Å². The number of hydrogen-bond donors (Lipinski definition) is 1. The largest absolute Gasteiger partial charge is 0.481 e. The number of carboxylic acids is 1.